The average Bonchev–Trinajstić information content (AvgIpc) is 2.76. The van der Waals surface area contributed by atoms with E-state index in [1.165, 1.54) is 11.8 Å². The van der Waals surface area contributed by atoms with Gasteiger partial charge < -0.3 is 20.1 Å². The van der Waals surface area contributed by atoms with Gasteiger partial charge in [-0.05, 0) is 56.2 Å². The van der Waals surface area contributed by atoms with Gasteiger partial charge in [0.15, 0.2) is 0 Å². The van der Waals surface area contributed by atoms with Crippen LogP contribution < -0.4 is 15.4 Å². The van der Waals surface area contributed by atoms with E-state index in [4.69, 9.17) is 21.1 Å². The fourth-order valence-corrected chi connectivity index (χ4v) is 4.05. The number of allylic oxidation sites excluding steroid dienone is 1. The van der Waals surface area contributed by atoms with E-state index in [1.807, 2.05) is 31.2 Å². The molecule has 0 saturated heterocycles. The molecule has 0 unspecified atom stereocenters. The Morgan fingerprint density at radius 3 is 2.65 bits per heavy atom. The van der Waals surface area contributed by atoms with Gasteiger partial charge in [-0.1, -0.05) is 23.7 Å². The summed E-state index contributed by atoms with van der Waals surface area (Å²) in [5.74, 6) is 1.51. The van der Waals surface area contributed by atoms with Crippen LogP contribution in [-0.2, 0) is 16.0 Å². The lowest BCUT2D eigenvalue weighted by atomic mass is 10.1. The number of carbonyl (C=O) groups is 2. The number of rotatable bonds is 8. The third kappa shape index (κ3) is 6.42. The summed E-state index contributed by atoms with van der Waals surface area (Å²) in [6, 6.07) is 12.6. The minimum absolute atomic E-state index is 0.298. The predicted octanol–water partition coefficient (Wildman–Crippen LogP) is 4.64. The lowest BCUT2D eigenvalue weighted by Gasteiger charge is -2.18. The van der Waals surface area contributed by atoms with Gasteiger partial charge in [0.25, 0.3) is 11.8 Å². The van der Waals surface area contributed by atoms with Crippen LogP contribution in [0.4, 0.5) is 5.69 Å². The van der Waals surface area contributed by atoms with Crippen molar-refractivity contribution in [2.75, 3.05) is 30.8 Å². The zero-order valence-corrected chi connectivity index (χ0v) is 19.1. The molecule has 0 aromatic heterocycles. The molecule has 3 rings (SSSR count). The first-order valence-electron chi connectivity index (χ1n) is 10.0. The molecule has 2 N–H and O–H groups in total. The van der Waals surface area contributed by atoms with Crippen molar-refractivity contribution in [1.29, 1.82) is 0 Å². The minimum Gasteiger partial charge on any atom is -0.496 e. The van der Waals surface area contributed by atoms with E-state index in [0.29, 0.717) is 58.9 Å². The maximum Gasteiger partial charge on any atom is 0.265 e. The SMILES string of the molecule is CCOc1ccc(CCNC(=O)c2cc(Cl)ccc2NC(=O)C2=C(C)OCCS2)cc1. The van der Waals surface area contributed by atoms with Gasteiger partial charge in [0, 0.05) is 17.3 Å². The quantitative estimate of drug-likeness (QED) is 0.600. The first-order chi connectivity index (χ1) is 15.0. The highest BCUT2D eigenvalue weighted by Crippen LogP contribution is 2.28. The number of anilines is 1. The summed E-state index contributed by atoms with van der Waals surface area (Å²) < 4.78 is 10.9. The van der Waals surface area contributed by atoms with Crippen molar-refractivity contribution in [3.05, 3.63) is 69.3 Å². The van der Waals surface area contributed by atoms with Crippen LogP contribution in [0.25, 0.3) is 0 Å². The minimum atomic E-state index is -0.304. The van der Waals surface area contributed by atoms with Crippen molar-refractivity contribution < 1.29 is 19.1 Å². The predicted molar refractivity (Wildman–Crippen MR) is 125 cm³/mol. The van der Waals surface area contributed by atoms with Crippen LogP contribution >= 0.6 is 23.4 Å². The van der Waals surface area contributed by atoms with Gasteiger partial charge >= 0.3 is 0 Å². The number of carbonyl (C=O) groups excluding carboxylic acids is 2. The zero-order valence-electron chi connectivity index (χ0n) is 17.5. The molecule has 164 valence electrons. The number of hydrogen-bond acceptors (Lipinski definition) is 5. The molecular formula is C23H25ClN2O4S. The summed E-state index contributed by atoms with van der Waals surface area (Å²) in [6.07, 6.45) is 0.667. The molecule has 0 radical (unpaired) electrons. The zero-order chi connectivity index (χ0) is 22.2. The Labute approximate surface area is 191 Å². The van der Waals surface area contributed by atoms with Crippen LogP contribution in [0.5, 0.6) is 5.75 Å². The van der Waals surface area contributed by atoms with E-state index in [0.717, 1.165) is 11.3 Å². The molecule has 1 aliphatic rings. The van der Waals surface area contributed by atoms with Crippen LogP contribution in [0.15, 0.2) is 53.1 Å². The second kappa shape index (κ2) is 11.1. The van der Waals surface area contributed by atoms with E-state index in [2.05, 4.69) is 10.6 Å². The molecule has 2 aromatic carbocycles. The van der Waals surface area contributed by atoms with Gasteiger partial charge in [-0.3, -0.25) is 9.59 Å². The molecule has 2 amide bonds. The largest absolute Gasteiger partial charge is 0.496 e. The molecule has 1 heterocycles. The highest BCUT2D eigenvalue weighted by Gasteiger charge is 2.21. The Bertz CT molecular complexity index is 976. The molecule has 0 bridgehead atoms. The fourth-order valence-electron chi connectivity index (χ4n) is 3.06. The summed E-state index contributed by atoms with van der Waals surface area (Å²) in [6.45, 7) is 5.35. The Morgan fingerprint density at radius 2 is 1.94 bits per heavy atom. The van der Waals surface area contributed by atoms with Gasteiger partial charge in [-0.25, -0.2) is 0 Å². The number of ether oxygens (including phenoxy) is 2. The van der Waals surface area contributed by atoms with E-state index < -0.39 is 0 Å². The molecule has 1 aliphatic heterocycles. The van der Waals surface area contributed by atoms with Crippen LogP contribution in [0.1, 0.15) is 29.8 Å². The van der Waals surface area contributed by atoms with E-state index in [9.17, 15) is 9.59 Å². The maximum atomic E-state index is 12.8. The first kappa shape index (κ1) is 23.0. The van der Waals surface area contributed by atoms with Crippen molar-refractivity contribution in [3.63, 3.8) is 0 Å². The molecule has 0 spiro atoms. The second-order valence-corrected chi connectivity index (χ2v) is 8.35. The summed E-state index contributed by atoms with van der Waals surface area (Å²) >= 11 is 7.54. The molecule has 0 fully saturated rings. The van der Waals surface area contributed by atoms with Crippen LogP contribution in [-0.4, -0.2) is 37.3 Å². The third-order valence-corrected chi connectivity index (χ3v) is 5.95. The fraction of sp³-hybridized carbons (Fsp3) is 0.304. The molecular weight excluding hydrogens is 436 g/mol. The standard InChI is InChI=1S/C23H25ClN2O4S/c1-3-29-18-7-4-16(5-8-18)10-11-25-22(27)19-14-17(24)6-9-20(19)26-23(28)21-15(2)30-12-13-31-21/h4-9,14H,3,10-13H2,1-2H3,(H,25,27)(H,26,28). The number of hydrogen-bond donors (Lipinski definition) is 2. The summed E-state index contributed by atoms with van der Waals surface area (Å²) in [4.78, 5) is 26.0. The molecule has 31 heavy (non-hydrogen) atoms. The van der Waals surface area contributed by atoms with Gasteiger partial charge in [0.2, 0.25) is 0 Å². The van der Waals surface area contributed by atoms with Gasteiger partial charge in [-0.2, -0.15) is 0 Å². The topological polar surface area (TPSA) is 76.7 Å². The van der Waals surface area contributed by atoms with E-state index >= 15 is 0 Å². The molecule has 2 aromatic rings. The van der Waals surface area contributed by atoms with Crippen molar-refractivity contribution in [1.82, 2.24) is 5.32 Å². The highest BCUT2D eigenvalue weighted by atomic mass is 35.5. The average molecular weight is 461 g/mol. The van der Waals surface area contributed by atoms with Gasteiger partial charge in [0.1, 0.15) is 16.4 Å². The summed E-state index contributed by atoms with van der Waals surface area (Å²) in [7, 11) is 0. The third-order valence-electron chi connectivity index (χ3n) is 4.58. The van der Waals surface area contributed by atoms with E-state index in [-0.39, 0.29) is 11.8 Å². The number of thioether (sulfide) groups is 1. The Balaban J connectivity index is 1.63. The van der Waals surface area contributed by atoms with Crippen molar-refractivity contribution in [3.8, 4) is 5.75 Å². The Hall–Kier alpha value is -2.64. The van der Waals surface area contributed by atoms with Crippen LogP contribution in [0.3, 0.4) is 0 Å². The number of nitrogens with one attached hydrogen (secondary N) is 2. The molecule has 6 nitrogen and oxygen atoms in total. The van der Waals surface area contributed by atoms with Crippen molar-refractivity contribution in [2.45, 2.75) is 20.3 Å². The molecule has 8 heteroatoms. The molecule has 0 atom stereocenters. The number of benzene rings is 2. The van der Waals surface area contributed by atoms with Crippen molar-refractivity contribution >= 4 is 40.9 Å². The lowest BCUT2D eigenvalue weighted by molar-refractivity contribution is -0.112. The monoisotopic (exact) mass is 460 g/mol. The maximum absolute atomic E-state index is 12.8. The Kier molecular flexibility index (Phi) is 8.26. The highest BCUT2D eigenvalue weighted by molar-refractivity contribution is 8.04. The lowest BCUT2D eigenvalue weighted by Crippen LogP contribution is -2.27. The van der Waals surface area contributed by atoms with Crippen LogP contribution in [0, 0.1) is 0 Å². The Morgan fingerprint density at radius 1 is 1.16 bits per heavy atom. The normalized spacial score (nSPS) is 13.4. The van der Waals surface area contributed by atoms with E-state index in [1.54, 1.807) is 25.1 Å². The second-order valence-electron chi connectivity index (χ2n) is 6.81. The van der Waals surface area contributed by atoms with Crippen LogP contribution in [0.2, 0.25) is 5.02 Å². The van der Waals surface area contributed by atoms with Crippen molar-refractivity contribution in [2.24, 2.45) is 0 Å². The summed E-state index contributed by atoms with van der Waals surface area (Å²) in [5, 5.41) is 6.13. The number of amides is 2. The molecule has 0 saturated carbocycles. The number of halogens is 1. The van der Waals surface area contributed by atoms with Gasteiger partial charge in [0.05, 0.1) is 24.5 Å². The smallest absolute Gasteiger partial charge is 0.265 e. The van der Waals surface area contributed by atoms with Gasteiger partial charge in [-0.15, -0.1) is 11.8 Å². The molecule has 0 aliphatic carbocycles. The first-order valence-corrected chi connectivity index (χ1v) is 11.4. The summed E-state index contributed by atoms with van der Waals surface area (Å²) in [5.41, 5.74) is 1.80.